The molecule has 0 N–H and O–H groups in total. The van der Waals surface area contributed by atoms with E-state index in [1.807, 2.05) is 31.9 Å². The molecular formula is C20H21N7O. The summed E-state index contributed by atoms with van der Waals surface area (Å²) in [5.41, 5.74) is 3.59. The zero-order valence-corrected chi connectivity index (χ0v) is 16.2. The minimum atomic E-state index is 0.00462. The van der Waals surface area contributed by atoms with Crippen LogP contribution in [0.3, 0.4) is 0 Å². The molecule has 0 radical (unpaired) electrons. The lowest BCUT2D eigenvalue weighted by Crippen LogP contribution is -2.49. The van der Waals surface area contributed by atoms with E-state index in [4.69, 9.17) is 5.26 Å². The van der Waals surface area contributed by atoms with Gasteiger partial charge < -0.3 is 9.80 Å². The lowest BCUT2D eigenvalue weighted by molar-refractivity contribution is 0.0748. The van der Waals surface area contributed by atoms with Crippen LogP contribution in [0.2, 0.25) is 0 Å². The minimum absolute atomic E-state index is 0.00462. The third-order valence-electron chi connectivity index (χ3n) is 5.09. The maximum absolute atomic E-state index is 13.3. The summed E-state index contributed by atoms with van der Waals surface area (Å²) in [5, 5.41) is 14.3. The van der Waals surface area contributed by atoms with Gasteiger partial charge in [-0.3, -0.25) is 9.48 Å². The number of pyridine rings is 2. The molecule has 3 aromatic rings. The maximum atomic E-state index is 13.3. The van der Waals surface area contributed by atoms with Gasteiger partial charge in [0.2, 0.25) is 0 Å². The average molecular weight is 375 g/mol. The number of amides is 1. The standard InChI is InChI=1S/C20H21N7O/c1-13-10-16(18-14(2)24-25(3)19(18)23-13)20(28)27-8-6-26(7-9-27)17-11-15(12-21)4-5-22-17/h4-5,10-11H,6-9H2,1-3H3. The molecule has 4 heterocycles. The minimum Gasteiger partial charge on any atom is -0.353 e. The molecule has 8 nitrogen and oxygen atoms in total. The van der Waals surface area contributed by atoms with E-state index in [0.29, 0.717) is 37.3 Å². The van der Waals surface area contributed by atoms with E-state index in [-0.39, 0.29) is 5.91 Å². The smallest absolute Gasteiger partial charge is 0.254 e. The zero-order valence-electron chi connectivity index (χ0n) is 16.2. The molecule has 0 aromatic carbocycles. The molecule has 0 atom stereocenters. The number of hydrogen-bond donors (Lipinski definition) is 0. The fourth-order valence-electron chi connectivity index (χ4n) is 3.71. The number of carbonyl (C=O) groups is 1. The molecule has 1 aliphatic rings. The molecule has 0 spiro atoms. The first-order valence-electron chi connectivity index (χ1n) is 9.19. The molecule has 1 aliphatic heterocycles. The highest BCUT2D eigenvalue weighted by Crippen LogP contribution is 2.24. The second-order valence-corrected chi connectivity index (χ2v) is 7.01. The van der Waals surface area contributed by atoms with Crippen molar-refractivity contribution in [3.8, 4) is 6.07 Å². The number of nitriles is 1. The van der Waals surface area contributed by atoms with Gasteiger partial charge in [0, 0.05) is 45.1 Å². The summed E-state index contributed by atoms with van der Waals surface area (Å²) in [4.78, 5) is 26.1. The molecule has 0 aliphatic carbocycles. The lowest BCUT2D eigenvalue weighted by atomic mass is 10.1. The van der Waals surface area contributed by atoms with Gasteiger partial charge in [-0.25, -0.2) is 9.97 Å². The molecule has 3 aromatic heterocycles. The van der Waals surface area contributed by atoms with Crippen molar-refractivity contribution in [2.24, 2.45) is 7.05 Å². The average Bonchev–Trinajstić information content (AvgIpc) is 3.00. The largest absolute Gasteiger partial charge is 0.353 e. The van der Waals surface area contributed by atoms with Gasteiger partial charge in [0.15, 0.2) is 5.65 Å². The number of aromatic nitrogens is 4. The summed E-state index contributed by atoms with van der Waals surface area (Å²) in [7, 11) is 1.84. The van der Waals surface area contributed by atoms with Crippen molar-refractivity contribution in [2.45, 2.75) is 13.8 Å². The van der Waals surface area contributed by atoms with Crippen molar-refractivity contribution in [1.82, 2.24) is 24.6 Å². The van der Waals surface area contributed by atoms with Gasteiger partial charge in [-0.05, 0) is 32.0 Å². The summed E-state index contributed by atoms with van der Waals surface area (Å²) in [6.45, 7) is 6.34. The predicted octanol–water partition coefficient (Wildman–Crippen LogP) is 1.81. The van der Waals surface area contributed by atoms with E-state index in [1.165, 1.54) is 0 Å². The Morgan fingerprint density at radius 3 is 2.64 bits per heavy atom. The topological polar surface area (TPSA) is 90.9 Å². The van der Waals surface area contributed by atoms with E-state index in [1.54, 1.807) is 23.0 Å². The van der Waals surface area contributed by atoms with Crippen molar-refractivity contribution in [3.63, 3.8) is 0 Å². The van der Waals surface area contributed by atoms with Gasteiger partial charge in [-0.15, -0.1) is 0 Å². The quantitative estimate of drug-likeness (QED) is 0.678. The third kappa shape index (κ3) is 3.05. The molecule has 28 heavy (non-hydrogen) atoms. The van der Waals surface area contributed by atoms with Crippen LogP contribution in [0.5, 0.6) is 0 Å². The first kappa shape index (κ1) is 17.9. The van der Waals surface area contributed by atoms with Crippen molar-refractivity contribution in [3.05, 3.63) is 46.9 Å². The molecule has 0 saturated carbocycles. The Morgan fingerprint density at radius 1 is 1.18 bits per heavy atom. The van der Waals surface area contributed by atoms with E-state index < -0.39 is 0 Å². The Bertz CT molecular complexity index is 1100. The first-order valence-corrected chi connectivity index (χ1v) is 9.19. The Kier molecular flexibility index (Phi) is 4.43. The van der Waals surface area contributed by atoms with Gasteiger partial charge >= 0.3 is 0 Å². The highest BCUT2D eigenvalue weighted by molar-refractivity contribution is 6.06. The van der Waals surface area contributed by atoms with Crippen molar-refractivity contribution >= 4 is 22.8 Å². The molecule has 142 valence electrons. The van der Waals surface area contributed by atoms with Gasteiger partial charge in [-0.2, -0.15) is 10.4 Å². The summed E-state index contributed by atoms with van der Waals surface area (Å²) < 4.78 is 1.72. The van der Waals surface area contributed by atoms with Gasteiger partial charge in [-0.1, -0.05) is 0 Å². The van der Waals surface area contributed by atoms with Crippen LogP contribution < -0.4 is 4.90 Å². The second kappa shape index (κ2) is 6.93. The number of piperazine rings is 1. The summed E-state index contributed by atoms with van der Waals surface area (Å²) in [6, 6.07) is 7.47. The van der Waals surface area contributed by atoms with E-state index in [2.05, 4.69) is 26.0 Å². The molecule has 1 saturated heterocycles. The van der Waals surface area contributed by atoms with Crippen molar-refractivity contribution < 1.29 is 4.79 Å². The fourth-order valence-corrected chi connectivity index (χ4v) is 3.71. The Balaban J connectivity index is 1.56. The van der Waals surface area contributed by atoms with Crippen LogP contribution in [0.25, 0.3) is 11.0 Å². The molecule has 8 heteroatoms. The van der Waals surface area contributed by atoms with Crippen LogP contribution in [-0.2, 0) is 7.05 Å². The molecular weight excluding hydrogens is 354 g/mol. The van der Waals surface area contributed by atoms with E-state index >= 15 is 0 Å². The highest BCUT2D eigenvalue weighted by Gasteiger charge is 2.26. The van der Waals surface area contributed by atoms with Crippen molar-refractivity contribution in [1.29, 1.82) is 5.26 Å². The molecule has 1 amide bonds. The number of nitrogens with zero attached hydrogens (tertiary/aromatic N) is 7. The van der Waals surface area contributed by atoms with E-state index in [9.17, 15) is 4.79 Å². The van der Waals surface area contributed by atoms with Crippen LogP contribution in [0.15, 0.2) is 24.4 Å². The fraction of sp³-hybridized carbons (Fsp3) is 0.350. The Morgan fingerprint density at radius 2 is 1.93 bits per heavy atom. The SMILES string of the molecule is Cc1cc(C(=O)N2CCN(c3cc(C#N)ccn3)CC2)c2c(C)nn(C)c2n1. The van der Waals surface area contributed by atoms with Crippen LogP contribution in [0, 0.1) is 25.2 Å². The number of rotatable bonds is 2. The monoisotopic (exact) mass is 375 g/mol. The van der Waals surface area contributed by atoms with Crippen LogP contribution >= 0.6 is 0 Å². The van der Waals surface area contributed by atoms with Crippen LogP contribution in [0.1, 0.15) is 27.3 Å². The third-order valence-corrected chi connectivity index (χ3v) is 5.09. The summed E-state index contributed by atoms with van der Waals surface area (Å²) in [6.07, 6.45) is 1.65. The first-order chi connectivity index (χ1) is 13.5. The Hall–Kier alpha value is -3.47. The molecule has 0 bridgehead atoms. The normalized spacial score (nSPS) is 14.4. The van der Waals surface area contributed by atoms with Gasteiger partial charge in [0.25, 0.3) is 5.91 Å². The lowest BCUT2D eigenvalue weighted by Gasteiger charge is -2.35. The van der Waals surface area contributed by atoms with Gasteiger partial charge in [0.1, 0.15) is 5.82 Å². The number of hydrogen-bond acceptors (Lipinski definition) is 6. The van der Waals surface area contributed by atoms with Gasteiger partial charge in [0.05, 0.1) is 28.3 Å². The molecule has 0 unspecified atom stereocenters. The second-order valence-electron chi connectivity index (χ2n) is 7.01. The number of aryl methyl sites for hydroxylation is 3. The number of anilines is 1. The number of carbonyl (C=O) groups excluding carboxylic acids is 1. The van der Waals surface area contributed by atoms with Crippen molar-refractivity contribution in [2.75, 3.05) is 31.1 Å². The summed E-state index contributed by atoms with van der Waals surface area (Å²) >= 11 is 0. The van der Waals surface area contributed by atoms with Crippen LogP contribution in [0.4, 0.5) is 5.82 Å². The molecule has 4 rings (SSSR count). The molecule has 1 fully saturated rings. The zero-order chi connectivity index (χ0) is 19.8. The van der Waals surface area contributed by atoms with E-state index in [0.717, 1.165) is 28.2 Å². The highest BCUT2D eigenvalue weighted by atomic mass is 16.2. The summed E-state index contributed by atoms with van der Waals surface area (Å²) in [5.74, 6) is 0.779. The van der Waals surface area contributed by atoms with Crippen LogP contribution in [-0.4, -0.2) is 56.7 Å². The number of fused-ring (bicyclic) bond motifs is 1. The Labute approximate surface area is 163 Å². The maximum Gasteiger partial charge on any atom is 0.254 e. The predicted molar refractivity (Wildman–Crippen MR) is 105 cm³/mol.